The van der Waals surface area contributed by atoms with Gasteiger partial charge in [-0.3, -0.25) is 9.59 Å². The summed E-state index contributed by atoms with van der Waals surface area (Å²) in [6.07, 6.45) is 4.38. The molecule has 3 rings (SSSR count). The lowest BCUT2D eigenvalue weighted by molar-refractivity contribution is -0.121. The lowest BCUT2D eigenvalue weighted by atomic mass is 9.78. The van der Waals surface area contributed by atoms with E-state index < -0.39 is 0 Å². The molecule has 0 aromatic heterocycles. The Kier molecular flexibility index (Phi) is 4.41. The van der Waals surface area contributed by atoms with Gasteiger partial charge in [0.1, 0.15) is 11.5 Å². The highest BCUT2D eigenvalue weighted by Gasteiger charge is 2.38. The van der Waals surface area contributed by atoms with Gasteiger partial charge in [0.15, 0.2) is 0 Å². The first-order chi connectivity index (χ1) is 11.1. The molecule has 1 aromatic rings. The van der Waals surface area contributed by atoms with E-state index in [-0.39, 0.29) is 29.5 Å². The van der Waals surface area contributed by atoms with E-state index in [4.69, 9.17) is 0 Å². The van der Waals surface area contributed by atoms with E-state index in [9.17, 15) is 14.0 Å². The standard InChI is InChI=1S/C17H20FN3O2/c18-13-6-2-1-5-12(13)17(9-3-4-10-17)11-19-16(23)14-7-8-15(22)21-20-14/h1-2,5-6H,3-4,7-11H2,(H,19,23)(H,21,22). The monoisotopic (exact) mass is 317 g/mol. The third-order valence-electron chi connectivity index (χ3n) is 4.76. The quantitative estimate of drug-likeness (QED) is 0.892. The highest BCUT2D eigenvalue weighted by molar-refractivity contribution is 6.39. The second-order valence-electron chi connectivity index (χ2n) is 6.24. The molecule has 0 radical (unpaired) electrons. The summed E-state index contributed by atoms with van der Waals surface area (Å²) in [7, 11) is 0. The maximum Gasteiger partial charge on any atom is 0.267 e. The van der Waals surface area contributed by atoms with Gasteiger partial charge in [-0.05, 0) is 24.5 Å². The fourth-order valence-corrected chi connectivity index (χ4v) is 3.47. The van der Waals surface area contributed by atoms with Crippen molar-refractivity contribution in [2.24, 2.45) is 5.10 Å². The van der Waals surface area contributed by atoms with Crippen LogP contribution in [0.5, 0.6) is 0 Å². The number of hydrazone groups is 1. The molecule has 0 unspecified atom stereocenters. The Hall–Kier alpha value is -2.24. The number of nitrogens with zero attached hydrogens (tertiary/aromatic N) is 1. The second kappa shape index (κ2) is 6.48. The normalized spacial score (nSPS) is 19.9. The third-order valence-corrected chi connectivity index (χ3v) is 4.76. The van der Waals surface area contributed by atoms with Crippen LogP contribution in [0, 0.1) is 5.82 Å². The Labute approximate surface area is 134 Å². The summed E-state index contributed by atoms with van der Waals surface area (Å²) in [5.41, 5.74) is 2.97. The molecule has 2 amide bonds. The summed E-state index contributed by atoms with van der Waals surface area (Å²) in [6, 6.07) is 6.80. The number of hydrogen-bond donors (Lipinski definition) is 2. The zero-order valence-electron chi connectivity index (χ0n) is 12.9. The largest absolute Gasteiger partial charge is 0.350 e. The summed E-state index contributed by atoms with van der Waals surface area (Å²) in [5.74, 6) is -0.682. The first-order valence-electron chi connectivity index (χ1n) is 7.99. The van der Waals surface area contributed by atoms with E-state index in [0.29, 0.717) is 24.2 Å². The molecule has 1 aromatic carbocycles. The molecule has 23 heavy (non-hydrogen) atoms. The van der Waals surface area contributed by atoms with Crippen molar-refractivity contribution in [2.45, 2.75) is 43.9 Å². The van der Waals surface area contributed by atoms with Crippen LogP contribution >= 0.6 is 0 Å². The minimum absolute atomic E-state index is 0.180. The van der Waals surface area contributed by atoms with Crippen molar-refractivity contribution >= 4 is 17.5 Å². The summed E-state index contributed by atoms with van der Waals surface area (Å²) in [6.45, 7) is 0.389. The molecule has 1 heterocycles. The smallest absolute Gasteiger partial charge is 0.267 e. The van der Waals surface area contributed by atoms with Gasteiger partial charge < -0.3 is 5.32 Å². The van der Waals surface area contributed by atoms with Crippen LogP contribution in [-0.2, 0) is 15.0 Å². The Morgan fingerprint density at radius 1 is 1.26 bits per heavy atom. The molecular formula is C17H20FN3O2. The number of halogens is 1. The zero-order chi connectivity index (χ0) is 16.3. The average molecular weight is 317 g/mol. The van der Waals surface area contributed by atoms with Gasteiger partial charge in [0, 0.05) is 24.8 Å². The van der Waals surface area contributed by atoms with E-state index in [0.717, 1.165) is 25.7 Å². The summed E-state index contributed by atoms with van der Waals surface area (Å²) < 4.78 is 14.2. The minimum Gasteiger partial charge on any atom is -0.350 e. The van der Waals surface area contributed by atoms with Crippen molar-refractivity contribution in [3.63, 3.8) is 0 Å². The van der Waals surface area contributed by atoms with Crippen molar-refractivity contribution < 1.29 is 14.0 Å². The fraction of sp³-hybridized carbons (Fsp3) is 0.471. The van der Waals surface area contributed by atoms with Gasteiger partial charge in [-0.1, -0.05) is 31.0 Å². The van der Waals surface area contributed by atoms with Crippen LogP contribution in [-0.4, -0.2) is 24.1 Å². The summed E-state index contributed by atoms with van der Waals surface area (Å²) in [5, 5.41) is 6.69. The molecule has 1 saturated carbocycles. The third kappa shape index (κ3) is 3.25. The zero-order valence-corrected chi connectivity index (χ0v) is 12.9. The highest BCUT2D eigenvalue weighted by atomic mass is 19.1. The summed E-state index contributed by atoms with van der Waals surface area (Å²) >= 11 is 0. The molecule has 1 aliphatic heterocycles. The second-order valence-corrected chi connectivity index (χ2v) is 6.24. The number of carbonyl (C=O) groups excluding carboxylic acids is 2. The lowest BCUT2D eigenvalue weighted by Gasteiger charge is -2.30. The first kappa shape index (κ1) is 15.6. The van der Waals surface area contributed by atoms with Crippen molar-refractivity contribution in [2.75, 3.05) is 6.54 Å². The van der Waals surface area contributed by atoms with Crippen LogP contribution in [0.25, 0.3) is 0 Å². The van der Waals surface area contributed by atoms with Gasteiger partial charge in [0.2, 0.25) is 5.91 Å². The maximum absolute atomic E-state index is 14.2. The molecule has 0 saturated heterocycles. The SMILES string of the molecule is O=C1CCC(C(=O)NCC2(c3ccccc3F)CCCC2)=NN1. The van der Waals surface area contributed by atoms with Crippen LogP contribution in [0.2, 0.25) is 0 Å². The molecular weight excluding hydrogens is 297 g/mol. The van der Waals surface area contributed by atoms with Crippen LogP contribution < -0.4 is 10.7 Å². The molecule has 122 valence electrons. The van der Waals surface area contributed by atoms with E-state index in [1.54, 1.807) is 6.07 Å². The van der Waals surface area contributed by atoms with Gasteiger partial charge in [-0.2, -0.15) is 5.10 Å². The number of rotatable bonds is 4. The predicted molar refractivity (Wildman–Crippen MR) is 84.4 cm³/mol. The Morgan fingerprint density at radius 2 is 2.00 bits per heavy atom. The molecule has 1 aliphatic carbocycles. The topological polar surface area (TPSA) is 70.6 Å². The van der Waals surface area contributed by atoms with Gasteiger partial charge in [0.05, 0.1) is 0 Å². The van der Waals surface area contributed by atoms with Gasteiger partial charge in [-0.25, -0.2) is 9.82 Å². The molecule has 6 heteroatoms. The van der Waals surface area contributed by atoms with Crippen molar-refractivity contribution in [3.05, 3.63) is 35.6 Å². The number of benzene rings is 1. The Balaban J connectivity index is 1.73. The van der Waals surface area contributed by atoms with Crippen LogP contribution in [0.1, 0.15) is 44.1 Å². The molecule has 2 N–H and O–H groups in total. The molecule has 0 bridgehead atoms. The van der Waals surface area contributed by atoms with E-state index in [1.165, 1.54) is 6.07 Å². The maximum atomic E-state index is 14.2. The van der Waals surface area contributed by atoms with E-state index >= 15 is 0 Å². The van der Waals surface area contributed by atoms with E-state index in [1.807, 2.05) is 12.1 Å². The Bertz CT molecular complexity index is 651. The van der Waals surface area contributed by atoms with Gasteiger partial charge in [0.25, 0.3) is 5.91 Å². The fourth-order valence-electron chi connectivity index (χ4n) is 3.47. The van der Waals surface area contributed by atoms with Crippen molar-refractivity contribution in [1.29, 1.82) is 0 Å². The number of amides is 2. The van der Waals surface area contributed by atoms with Crippen molar-refractivity contribution in [3.8, 4) is 0 Å². The minimum atomic E-state index is -0.348. The predicted octanol–water partition coefficient (Wildman–Crippen LogP) is 2.02. The number of nitrogens with one attached hydrogen (secondary N) is 2. The van der Waals surface area contributed by atoms with E-state index in [2.05, 4.69) is 15.8 Å². The number of carbonyl (C=O) groups is 2. The molecule has 0 spiro atoms. The first-order valence-corrected chi connectivity index (χ1v) is 7.99. The highest BCUT2D eigenvalue weighted by Crippen LogP contribution is 2.41. The average Bonchev–Trinajstić information content (AvgIpc) is 3.04. The van der Waals surface area contributed by atoms with Gasteiger partial charge >= 0.3 is 0 Å². The van der Waals surface area contributed by atoms with Gasteiger partial charge in [-0.15, -0.1) is 0 Å². The van der Waals surface area contributed by atoms with Crippen LogP contribution in [0.3, 0.4) is 0 Å². The molecule has 0 atom stereocenters. The summed E-state index contributed by atoms with van der Waals surface area (Å²) in [4.78, 5) is 23.3. The lowest BCUT2D eigenvalue weighted by Crippen LogP contribution is -2.43. The van der Waals surface area contributed by atoms with Crippen LogP contribution in [0.15, 0.2) is 29.4 Å². The molecule has 5 nitrogen and oxygen atoms in total. The number of hydrogen-bond acceptors (Lipinski definition) is 3. The van der Waals surface area contributed by atoms with Crippen LogP contribution in [0.4, 0.5) is 4.39 Å². The Morgan fingerprint density at radius 3 is 2.65 bits per heavy atom. The van der Waals surface area contributed by atoms with Crippen molar-refractivity contribution in [1.82, 2.24) is 10.7 Å². The molecule has 2 aliphatic rings. The molecule has 1 fully saturated rings.